The molecular weight excluding hydrogens is 373 g/mol. The van der Waals surface area contributed by atoms with E-state index in [1.165, 1.54) is 18.3 Å². The van der Waals surface area contributed by atoms with E-state index in [9.17, 15) is 24.2 Å². The minimum absolute atomic E-state index is 0.141. The molecule has 0 aliphatic heterocycles. The van der Waals surface area contributed by atoms with E-state index in [0.29, 0.717) is 34.8 Å². The van der Waals surface area contributed by atoms with E-state index in [-0.39, 0.29) is 6.61 Å². The molecule has 24 heavy (non-hydrogen) atoms. The van der Waals surface area contributed by atoms with Crippen LogP contribution in [0.2, 0.25) is 0 Å². The van der Waals surface area contributed by atoms with Gasteiger partial charge in [0.2, 0.25) is 0 Å². The summed E-state index contributed by atoms with van der Waals surface area (Å²) in [7, 11) is -9.66. The first-order valence-corrected chi connectivity index (χ1v) is 9.47. The van der Waals surface area contributed by atoms with Crippen molar-refractivity contribution in [3.05, 3.63) is 34.8 Å². The monoisotopic (exact) mass is 387 g/mol. The number of aromatic nitrogens is 1. The number of nitrogens with zero attached hydrogens (tertiary/aromatic N) is 1. The zero-order valence-corrected chi connectivity index (χ0v) is 14.3. The highest BCUT2D eigenvalue weighted by Gasteiger charge is 2.65. The van der Waals surface area contributed by atoms with Gasteiger partial charge in [0.05, 0.1) is 12.3 Å². The van der Waals surface area contributed by atoms with Crippen LogP contribution < -0.4 is 0 Å². The number of esters is 1. The smallest absolute Gasteiger partial charge is 0.310 e. The summed E-state index contributed by atoms with van der Waals surface area (Å²) in [6.45, 7) is 3.19. The Hall–Kier alpha value is -1.68. The molecule has 3 nitrogen and oxygen atoms in total. The Kier molecular flexibility index (Phi) is 4.21. The van der Waals surface area contributed by atoms with Gasteiger partial charge in [-0.3, -0.25) is 4.79 Å². The fourth-order valence-electron chi connectivity index (χ4n) is 1.93. The van der Waals surface area contributed by atoms with Crippen molar-refractivity contribution >= 4 is 27.5 Å². The molecule has 0 saturated heterocycles. The minimum Gasteiger partial charge on any atom is -0.465 e. The summed E-state index contributed by atoms with van der Waals surface area (Å²) in [4.78, 5) is 13.9. The number of rotatable bonds is 5. The third-order valence-electron chi connectivity index (χ3n) is 3.08. The summed E-state index contributed by atoms with van der Waals surface area (Å²) in [5, 5.41) is 0.416. The van der Waals surface area contributed by atoms with Crippen LogP contribution in [0.5, 0.6) is 0 Å². The van der Waals surface area contributed by atoms with Crippen molar-refractivity contribution in [2.75, 3.05) is 6.61 Å². The average Bonchev–Trinajstić information content (AvgIpc) is 2.78. The summed E-state index contributed by atoms with van der Waals surface area (Å²) in [5.74, 6) is -0.422. The first-order valence-electron chi connectivity index (χ1n) is 6.70. The molecule has 10 heteroatoms. The van der Waals surface area contributed by atoms with Gasteiger partial charge in [0, 0.05) is 23.8 Å². The maximum Gasteiger partial charge on any atom is 0.310 e. The number of hydrogen-bond acceptors (Lipinski definition) is 4. The molecule has 0 amide bonds. The normalized spacial score (nSPS) is 14.8. The molecule has 0 aliphatic carbocycles. The van der Waals surface area contributed by atoms with E-state index in [1.54, 1.807) is 6.92 Å². The predicted molar refractivity (Wildman–Crippen MR) is 84.0 cm³/mol. The lowest BCUT2D eigenvalue weighted by molar-refractivity contribution is -0.140. The van der Waals surface area contributed by atoms with Gasteiger partial charge in [0.1, 0.15) is 9.90 Å². The van der Waals surface area contributed by atoms with Gasteiger partial charge in [0.25, 0.3) is 0 Å². The van der Waals surface area contributed by atoms with E-state index in [1.807, 2.05) is 0 Å². The fraction of sp³-hybridized carbons (Fsp3) is 0.286. The third kappa shape index (κ3) is 4.67. The van der Waals surface area contributed by atoms with Gasteiger partial charge < -0.3 is 4.74 Å². The number of aryl methyl sites for hydroxylation is 1. The van der Waals surface area contributed by atoms with Gasteiger partial charge >= 0.3 is 16.2 Å². The standard InChI is InChI=1S/C14H14F5NO2S2/c1-9-13(7-8-22-10(2)21)20-14(23-9)11-3-5-12(6-4-11)24(15,16,17,18)19/h3-6H,7-8H2,1-2H3. The van der Waals surface area contributed by atoms with Gasteiger partial charge in [-0.2, -0.15) is 0 Å². The molecule has 1 heterocycles. The van der Waals surface area contributed by atoms with Crippen LogP contribution in [-0.2, 0) is 16.0 Å². The molecule has 2 rings (SSSR count). The molecule has 1 aromatic carbocycles. The van der Waals surface area contributed by atoms with E-state index in [4.69, 9.17) is 4.74 Å². The lowest BCUT2D eigenvalue weighted by atomic mass is 10.2. The number of thiazole rings is 1. The molecule has 0 atom stereocenters. The van der Waals surface area contributed by atoms with Gasteiger partial charge in [-0.1, -0.05) is 31.6 Å². The van der Waals surface area contributed by atoms with E-state index in [0.717, 1.165) is 17.0 Å². The first-order chi connectivity index (χ1) is 10.8. The lowest BCUT2D eigenvalue weighted by Gasteiger charge is -2.40. The molecular formula is C14H14F5NO2S2. The molecule has 0 aliphatic rings. The second-order valence-corrected chi connectivity index (χ2v) is 8.72. The Morgan fingerprint density at radius 2 is 1.75 bits per heavy atom. The molecule has 134 valence electrons. The number of ether oxygens (including phenoxy) is 1. The van der Waals surface area contributed by atoms with Crippen LogP contribution in [-0.4, -0.2) is 17.6 Å². The van der Waals surface area contributed by atoms with Crippen molar-refractivity contribution in [1.82, 2.24) is 4.98 Å². The van der Waals surface area contributed by atoms with Gasteiger partial charge in [-0.05, 0) is 19.1 Å². The number of carbonyl (C=O) groups excluding carboxylic acids is 1. The Morgan fingerprint density at radius 1 is 1.17 bits per heavy atom. The number of hydrogen-bond donors (Lipinski definition) is 0. The molecule has 0 spiro atoms. The Morgan fingerprint density at radius 3 is 2.25 bits per heavy atom. The van der Waals surface area contributed by atoms with E-state index < -0.39 is 21.1 Å². The molecule has 0 saturated carbocycles. The summed E-state index contributed by atoms with van der Waals surface area (Å²) in [6.07, 6.45) is 0.367. The molecule has 0 fully saturated rings. The number of carbonyl (C=O) groups is 1. The average molecular weight is 387 g/mol. The highest BCUT2D eigenvalue weighted by molar-refractivity contribution is 8.45. The molecule has 0 bridgehead atoms. The second kappa shape index (κ2) is 5.41. The highest BCUT2D eigenvalue weighted by atomic mass is 32.5. The molecule has 0 unspecified atom stereocenters. The third-order valence-corrected chi connectivity index (χ3v) is 5.31. The summed E-state index contributed by atoms with van der Waals surface area (Å²) in [6, 6.07) is 2.68. The molecule has 0 radical (unpaired) electrons. The van der Waals surface area contributed by atoms with E-state index in [2.05, 4.69) is 4.98 Å². The fourth-order valence-corrected chi connectivity index (χ4v) is 3.55. The molecule has 2 aromatic rings. The van der Waals surface area contributed by atoms with Crippen LogP contribution in [0.15, 0.2) is 29.2 Å². The van der Waals surface area contributed by atoms with Crippen LogP contribution >= 0.6 is 21.6 Å². The van der Waals surface area contributed by atoms with Crippen molar-refractivity contribution in [3.8, 4) is 10.6 Å². The zero-order chi connectivity index (χ0) is 18.2. The zero-order valence-electron chi connectivity index (χ0n) is 12.7. The molecule has 1 aromatic heterocycles. The SMILES string of the molecule is CC(=O)OCCc1nc(-c2ccc(S(F)(F)(F)(F)F)cc2)sc1C. The first kappa shape index (κ1) is 18.7. The summed E-state index contributed by atoms with van der Waals surface area (Å²) in [5.41, 5.74) is 0.959. The number of benzene rings is 1. The number of halogens is 5. The van der Waals surface area contributed by atoms with Crippen molar-refractivity contribution in [3.63, 3.8) is 0 Å². The highest BCUT2D eigenvalue weighted by Crippen LogP contribution is 3.02. The van der Waals surface area contributed by atoms with Crippen LogP contribution in [0.1, 0.15) is 17.5 Å². The van der Waals surface area contributed by atoms with Crippen molar-refractivity contribution < 1.29 is 29.0 Å². The van der Waals surface area contributed by atoms with Gasteiger partial charge in [-0.25, -0.2) is 4.98 Å². The maximum absolute atomic E-state index is 12.7. The van der Waals surface area contributed by atoms with Crippen LogP contribution in [0.4, 0.5) is 19.4 Å². The lowest BCUT2D eigenvalue weighted by Crippen LogP contribution is -2.05. The van der Waals surface area contributed by atoms with Crippen LogP contribution in [0.3, 0.4) is 0 Å². The van der Waals surface area contributed by atoms with Crippen molar-refractivity contribution in [2.24, 2.45) is 0 Å². The topological polar surface area (TPSA) is 39.2 Å². The largest absolute Gasteiger partial charge is 0.465 e. The summed E-state index contributed by atoms with van der Waals surface area (Å²) >= 11 is 1.23. The second-order valence-electron chi connectivity index (χ2n) is 5.11. The predicted octanol–water partition coefficient (Wildman–Crippen LogP) is 5.88. The molecule has 0 N–H and O–H groups in total. The van der Waals surface area contributed by atoms with Gasteiger partial charge in [0.15, 0.2) is 0 Å². The summed E-state index contributed by atoms with van der Waals surface area (Å²) < 4.78 is 68.3. The minimum atomic E-state index is -9.66. The Balaban J connectivity index is 2.23. The van der Waals surface area contributed by atoms with Crippen LogP contribution in [0.25, 0.3) is 10.6 Å². The van der Waals surface area contributed by atoms with Gasteiger partial charge in [-0.15, -0.1) is 11.3 Å². The quantitative estimate of drug-likeness (QED) is 0.475. The van der Waals surface area contributed by atoms with Crippen molar-refractivity contribution in [2.45, 2.75) is 25.2 Å². The van der Waals surface area contributed by atoms with Crippen LogP contribution in [0, 0.1) is 6.92 Å². The van der Waals surface area contributed by atoms with Crippen molar-refractivity contribution in [1.29, 1.82) is 0 Å². The maximum atomic E-state index is 12.7. The Bertz CT molecular complexity index is 769. The van der Waals surface area contributed by atoms with E-state index >= 15 is 0 Å². The Labute approximate surface area is 139 Å².